The van der Waals surface area contributed by atoms with Gasteiger partial charge in [0.2, 0.25) is 0 Å². The van der Waals surface area contributed by atoms with E-state index >= 15 is 0 Å². The molecule has 0 aliphatic rings. The molecule has 0 aliphatic carbocycles. The number of aryl methyl sites for hydroxylation is 1. The van der Waals surface area contributed by atoms with Crippen molar-refractivity contribution in [3.8, 4) is 0 Å². The molecular weight excluding hydrogens is 232 g/mol. The highest BCUT2D eigenvalue weighted by molar-refractivity contribution is 5.26. The Morgan fingerprint density at radius 3 is 2.63 bits per heavy atom. The second-order valence-corrected chi connectivity index (χ2v) is 5.06. The molecule has 0 saturated heterocycles. The Hall–Kier alpha value is -1.67. The number of nitrogens with one attached hydrogen (secondary N) is 1. The lowest BCUT2D eigenvalue weighted by Gasteiger charge is -2.15. The minimum absolute atomic E-state index is 0.491. The molecule has 0 radical (unpaired) electrons. The number of hydrogen-bond acceptors (Lipinski definition) is 2. The average Bonchev–Trinajstić information content (AvgIpc) is 2.43. The fourth-order valence-electron chi connectivity index (χ4n) is 2.23. The fourth-order valence-corrected chi connectivity index (χ4v) is 2.23. The van der Waals surface area contributed by atoms with Crippen molar-refractivity contribution in [2.24, 2.45) is 0 Å². The van der Waals surface area contributed by atoms with Crippen LogP contribution in [-0.2, 0) is 12.8 Å². The normalized spacial score (nSPS) is 12.3. The molecule has 1 aromatic heterocycles. The van der Waals surface area contributed by atoms with Gasteiger partial charge in [-0.25, -0.2) is 0 Å². The van der Waals surface area contributed by atoms with E-state index in [9.17, 15) is 0 Å². The first-order valence-corrected chi connectivity index (χ1v) is 6.93. The fraction of sp³-hybridized carbons (Fsp3) is 0.353. The quantitative estimate of drug-likeness (QED) is 0.856. The summed E-state index contributed by atoms with van der Waals surface area (Å²) >= 11 is 0. The van der Waals surface area contributed by atoms with E-state index in [0.717, 1.165) is 25.1 Å². The van der Waals surface area contributed by atoms with Gasteiger partial charge in [0.15, 0.2) is 0 Å². The lowest BCUT2D eigenvalue weighted by atomic mass is 10.0. The highest BCUT2D eigenvalue weighted by Gasteiger charge is 2.04. The highest BCUT2D eigenvalue weighted by atomic mass is 14.9. The van der Waals surface area contributed by atoms with Gasteiger partial charge in [-0.15, -0.1) is 0 Å². The summed E-state index contributed by atoms with van der Waals surface area (Å²) in [5, 5.41) is 3.57. The topological polar surface area (TPSA) is 24.9 Å². The third-order valence-corrected chi connectivity index (χ3v) is 3.39. The van der Waals surface area contributed by atoms with E-state index in [2.05, 4.69) is 54.5 Å². The van der Waals surface area contributed by atoms with Crippen molar-refractivity contribution in [2.75, 3.05) is 6.54 Å². The van der Waals surface area contributed by atoms with Crippen LogP contribution in [0.3, 0.4) is 0 Å². The van der Waals surface area contributed by atoms with Crippen molar-refractivity contribution in [3.05, 3.63) is 65.5 Å². The molecule has 2 heteroatoms. The summed E-state index contributed by atoms with van der Waals surface area (Å²) in [6.45, 7) is 5.39. The molecule has 0 saturated carbocycles. The van der Waals surface area contributed by atoms with Crippen LogP contribution in [0.5, 0.6) is 0 Å². The zero-order valence-corrected chi connectivity index (χ0v) is 11.8. The van der Waals surface area contributed by atoms with Gasteiger partial charge in [0.25, 0.3) is 0 Å². The number of hydrogen-bond donors (Lipinski definition) is 1. The van der Waals surface area contributed by atoms with Gasteiger partial charge in [0.1, 0.15) is 0 Å². The highest BCUT2D eigenvalue weighted by Crippen LogP contribution is 2.09. The lowest BCUT2D eigenvalue weighted by molar-refractivity contribution is 0.545. The number of aromatic nitrogens is 1. The van der Waals surface area contributed by atoms with Gasteiger partial charge in [-0.1, -0.05) is 30.3 Å². The van der Waals surface area contributed by atoms with Crippen molar-refractivity contribution in [3.63, 3.8) is 0 Å². The molecule has 1 atom stereocenters. The summed E-state index contributed by atoms with van der Waals surface area (Å²) in [5.74, 6) is 0. The maximum atomic E-state index is 4.33. The molecule has 0 amide bonds. The van der Waals surface area contributed by atoms with Crippen LogP contribution in [0, 0.1) is 6.92 Å². The van der Waals surface area contributed by atoms with E-state index in [4.69, 9.17) is 0 Å². The van der Waals surface area contributed by atoms with Crippen molar-refractivity contribution in [2.45, 2.75) is 32.7 Å². The Morgan fingerprint density at radius 1 is 1.11 bits per heavy atom. The molecule has 2 rings (SSSR count). The Labute approximate surface area is 115 Å². The molecule has 0 fully saturated rings. The molecule has 1 aromatic carbocycles. The van der Waals surface area contributed by atoms with E-state index < -0.39 is 0 Å². The second-order valence-electron chi connectivity index (χ2n) is 5.06. The molecule has 100 valence electrons. The third kappa shape index (κ3) is 4.49. The van der Waals surface area contributed by atoms with Crippen LogP contribution in [0.1, 0.15) is 23.7 Å². The summed E-state index contributed by atoms with van der Waals surface area (Å²) < 4.78 is 0. The molecule has 0 spiro atoms. The Kier molecular flexibility index (Phi) is 5.10. The molecule has 2 aromatic rings. The standard InChI is InChI=1S/C17H22N2/c1-14-7-3-4-8-16(14)13-15(2)18-12-10-17-9-5-6-11-19-17/h3-9,11,15,18H,10,12-13H2,1-2H3. The van der Waals surface area contributed by atoms with Crippen LogP contribution in [0.4, 0.5) is 0 Å². The van der Waals surface area contributed by atoms with E-state index in [1.165, 1.54) is 11.1 Å². The molecule has 0 aliphatic heterocycles. The molecule has 1 unspecified atom stereocenters. The Bertz CT molecular complexity index is 494. The predicted molar refractivity (Wildman–Crippen MR) is 80.3 cm³/mol. The van der Waals surface area contributed by atoms with E-state index in [0.29, 0.717) is 6.04 Å². The first-order valence-electron chi connectivity index (χ1n) is 6.93. The maximum absolute atomic E-state index is 4.33. The average molecular weight is 254 g/mol. The molecule has 19 heavy (non-hydrogen) atoms. The first kappa shape index (κ1) is 13.8. The van der Waals surface area contributed by atoms with Crippen molar-refractivity contribution < 1.29 is 0 Å². The van der Waals surface area contributed by atoms with Crippen molar-refractivity contribution in [1.82, 2.24) is 10.3 Å². The van der Waals surface area contributed by atoms with Gasteiger partial charge in [0, 0.05) is 30.9 Å². The van der Waals surface area contributed by atoms with Gasteiger partial charge >= 0.3 is 0 Å². The van der Waals surface area contributed by atoms with Crippen LogP contribution in [0.2, 0.25) is 0 Å². The molecule has 2 nitrogen and oxygen atoms in total. The van der Waals surface area contributed by atoms with Crippen LogP contribution in [-0.4, -0.2) is 17.6 Å². The van der Waals surface area contributed by atoms with Gasteiger partial charge in [-0.2, -0.15) is 0 Å². The van der Waals surface area contributed by atoms with Gasteiger partial charge in [-0.3, -0.25) is 4.98 Å². The number of benzene rings is 1. The smallest absolute Gasteiger partial charge is 0.0416 e. The van der Waals surface area contributed by atoms with E-state index in [1.54, 1.807) is 0 Å². The summed E-state index contributed by atoms with van der Waals surface area (Å²) in [4.78, 5) is 4.33. The summed E-state index contributed by atoms with van der Waals surface area (Å²) in [6, 6.07) is 15.2. The lowest BCUT2D eigenvalue weighted by Crippen LogP contribution is -2.30. The summed E-state index contributed by atoms with van der Waals surface area (Å²) in [6.07, 6.45) is 3.92. The predicted octanol–water partition coefficient (Wildman–Crippen LogP) is 3.15. The maximum Gasteiger partial charge on any atom is 0.0416 e. The zero-order valence-electron chi connectivity index (χ0n) is 11.8. The Morgan fingerprint density at radius 2 is 1.89 bits per heavy atom. The van der Waals surface area contributed by atoms with Crippen molar-refractivity contribution >= 4 is 0 Å². The van der Waals surface area contributed by atoms with Crippen LogP contribution < -0.4 is 5.32 Å². The number of rotatable bonds is 6. The zero-order chi connectivity index (χ0) is 13.5. The Balaban J connectivity index is 1.76. The largest absolute Gasteiger partial charge is 0.314 e. The van der Waals surface area contributed by atoms with Gasteiger partial charge in [-0.05, 0) is 43.5 Å². The van der Waals surface area contributed by atoms with E-state index in [-0.39, 0.29) is 0 Å². The molecular formula is C17H22N2. The number of pyridine rings is 1. The van der Waals surface area contributed by atoms with E-state index in [1.807, 2.05) is 18.3 Å². The SMILES string of the molecule is Cc1ccccc1CC(C)NCCc1ccccn1. The third-order valence-electron chi connectivity index (χ3n) is 3.39. The van der Waals surface area contributed by atoms with Crippen LogP contribution >= 0.6 is 0 Å². The summed E-state index contributed by atoms with van der Waals surface area (Å²) in [7, 11) is 0. The molecule has 1 heterocycles. The number of nitrogens with zero attached hydrogens (tertiary/aromatic N) is 1. The molecule has 0 bridgehead atoms. The minimum atomic E-state index is 0.491. The van der Waals surface area contributed by atoms with Crippen molar-refractivity contribution in [1.29, 1.82) is 0 Å². The van der Waals surface area contributed by atoms with Gasteiger partial charge in [0.05, 0.1) is 0 Å². The first-order chi connectivity index (χ1) is 9.25. The van der Waals surface area contributed by atoms with Crippen LogP contribution in [0.25, 0.3) is 0 Å². The van der Waals surface area contributed by atoms with Gasteiger partial charge < -0.3 is 5.32 Å². The minimum Gasteiger partial charge on any atom is -0.314 e. The summed E-state index contributed by atoms with van der Waals surface area (Å²) in [5.41, 5.74) is 3.96. The molecule has 1 N–H and O–H groups in total. The van der Waals surface area contributed by atoms with Crippen LogP contribution in [0.15, 0.2) is 48.7 Å². The monoisotopic (exact) mass is 254 g/mol. The second kappa shape index (κ2) is 7.05.